The van der Waals surface area contributed by atoms with Gasteiger partial charge in [-0.15, -0.1) is 0 Å². The molecular formula is C6H9N3O. The van der Waals surface area contributed by atoms with Crippen LogP contribution in [-0.2, 0) is 0 Å². The molecule has 10 heavy (non-hydrogen) atoms. The van der Waals surface area contributed by atoms with Crippen molar-refractivity contribution >= 4 is 6.03 Å². The van der Waals surface area contributed by atoms with Crippen LogP contribution in [0.5, 0.6) is 0 Å². The van der Waals surface area contributed by atoms with E-state index in [2.05, 4.69) is 0 Å². The molecule has 4 heteroatoms. The summed E-state index contributed by atoms with van der Waals surface area (Å²) >= 11 is 0. The van der Waals surface area contributed by atoms with Gasteiger partial charge in [0.2, 0.25) is 0 Å². The van der Waals surface area contributed by atoms with Crippen LogP contribution in [0.25, 0.3) is 0 Å². The lowest BCUT2D eigenvalue weighted by molar-refractivity contribution is 0.211. The third-order valence-corrected chi connectivity index (χ3v) is 1.68. The largest absolute Gasteiger partial charge is 0.351 e. The second-order valence-corrected chi connectivity index (χ2v) is 2.32. The number of urea groups is 1. The van der Waals surface area contributed by atoms with Crippen molar-refractivity contribution < 1.29 is 4.79 Å². The third-order valence-electron chi connectivity index (χ3n) is 1.68. The summed E-state index contributed by atoms with van der Waals surface area (Å²) in [6.07, 6.45) is 1.65. The number of hydrogen-bond acceptors (Lipinski definition) is 2. The van der Waals surface area contributed by atoms with Crippen molar-refractivity contribution in [2.75, 3.05) is 6.54 Å². The SMILES string of the molecule is N#CC1CCCN1C(N)=O. The highest BCUT2D eigenvalue weighted by atomic mass is 16.2. The van der Waals surface area contributed by atoms with Gasteiger partial charge in [-0.2, -0.15) is 5.26 Å². The number of primary amides is 1. The predicted octanol–water partition coefficient (Wildman–Crippen LogP) is 0.0531. The number of nitriles is 1. The molecule has 1 atom stereocenters. The first kappa shape index (κ1) is 6.87. The fraction of sp³-hybridized carbons (Fsp3) is 0.667. The molecule has 2 amide bonds. The molecule has 0 spiro atoms. The van der Waals surface area contributed by atoms with E-state index < -0.39 is 6.03 Å². The molecule has 54 valence electrons. The van der Waals surface area contributed by atoms with E-state index in [-0.39, 0.29) is 6.04 Å². The molecule has 1 rings (SSSR count). The van der Waals surface area contributed by atoms with Gasteiger partial charge >= 0.3 is 6.03 Å². The minimum absolute atomic E-state index is 0.280. The maximum Gasteiger partial charge on any atom is 0.315 e. The normalized spacial score (nSPS) is 24.3. The van der Waals surface area contributed by atoms with E-state index in [4.69, 9.17) is 11.0 Å². The Morgan fingerprint density at radius 1 is 1.80 bits per heavy atom. The number of carbonyl (C=O) groups excluding carboxylic acids is 1. The van der Waals surface area contributed by atoms with E-state index in [0.717, 1.165) is 12.8 Å². The lowest BCUT2D eigenvalue weighted by Crippen LogP contribution is -2.38. The summed E-state index contributed by atoms with van der Waals surface area (Å²) < 4.78 is 0. The van der Waals surface area contributed by atoms with Gasteiger partial charge in [-0.3, -0.25) is 0 Å². The first-order valence-electron chi connectivity index (χ1n) is 3.21. The molecule has 0 bridgehead atoms. The summed E-state index contributed by atoms with van der Waals surface area (Å²) in [7, 11) is 0. The Balaban J connectivity index is 2.61. The van der Waals surface area contributed by atoms with Gasteiger partial charge < -0.3 is 10.6 Å². The summed E-state index contributed by atoms with van der Waals surface area (Å²) in [5, 5.41) is 8.49. The van der Waals surface area contributed by atoms with Crippen molar-refractivity contribution in [3.05, 3.63) is 0 Å². The van der Waals surface area contributed by atoms with Gasteiger partial charge in [-0.05, 0) is 12.8 Å². The van der Waals surface area contributed by atoms with E-state index >= 15 is 0 Å². The molecule has 1 heterocycles. The summed E-state index contributed by atoms with van der Waals surface area (Å²) in [4.78, 5) is 12.0. The van der Waals surface area contributed by atoms with Crippen LogP contribution >= 0.6 is 0 Å². The molecule has 0 aromatic heterocycles. The monoisotopic (exact) mass is 139 g/mol. The molecule has 0 radical (unpaired) electrons. The Bertz CT molecular complexity index is 184. The number of rotatable bonds is 0. The Morgan fingerprint density at radius 2 is 2.50 bits per heavy atom. The molecule has 2 N–H and O–H groups in total. The minimum Gasteiger partial charge on any atom is -0.351 e. The molecular weight excluding hydrogens is 130 g/mol. The molecule has 0 aliphatic carbocycles. The van der Waals surface area contributed by atoms with E-state index in [1.807, 2.05) is 6.07 Å². The third kappa shape index (κ3) is 1.03. The fourth-order valence-electron chi connectivity index (χ4n) is 1.16. The molecule has 1 saturated heterocycles. The van der Waals surface area contributed by atoms with Crippen LogP contribution < -0.4 is 5.73 Å². The molecule has 0 saturated carbocycles. The highest BCUT2D eigenvalue weighted by Crippen LogP contribution is 2.14. The Morgan fingerprint density at radius 3 is 2.90 bits per heavy atom. The van der Waals surface area contributed by atoms with Crippen molar-refractivity contribution in [1.29, 1.82) is 5.26 Å². The van der Waals surface area contributed by atoms with Crippen molar-refractivity contribution in [2.24, 2.45) is 5.73 Å². The minimum atomic E-state index is -0.482. The van der Waals surface area contributed by atoms with Crippen LogP contribution in [0.15, 0.2) is 0 Å². The number of nitrogens with zero attached hydrogens (tertiary/aromatic N) is 2. The molecule has 1 aliphatic heterocycles. The van der Waals surface area contributed by atoms with Crippen LogP contribution in [0.4, 0.5) is 4.79 Å². The zero-order valence-corrected chi connectivity index (χ0v) is 5.58. The summed E-state index contributed by atoms with van der Waals surface area (Å²) in [6.45, 7) is 0.633. The lowest BCUT2D eigenvalue weighted by Gasteiger charge is -2.15. The maximum absolute atomic E-state index is 10.6. The van der Waals surface area contributed by atoms with Gasteiger partial charge in [-0.1, -0.05) is 0 Å². The first-order chi connectivity index (χ1) is 4.75. The standard InChI is InChI=1S/C6H9N3O/c7-4-5-2-1-3-9(5)6(8)10/h5H,1-3H2,(H2,8,10). The average Bonchev–Trinajstić information content (AvgIpc) is 2.33. The van der Waals surface area contributed by atoms with Gasteiger partial charge in [0.05, 0.1) is 6.07 Å². The quantitative estimate of drug-likeness (QED) is 0.515. The van der Waals surface area contributed by atoms with E-state index in [0.29, 0.717) is 6.54 Å². The molecule has 0 aromatic carbocycles. The van der Waals surface area contributed by atoms with E-state index in [9.17, 15) is 4.79 Å². The number of amides is 2. The van der Waals surface area contributed by atoms with Crippen LogP contribution in [0, 0.1) is 11.3 Å². The van der Waals surface area contributed by atoms with Gasteiger partial charge in [0.1, 0.15) is 6.04 Å². The van der Waals surface area contributed by atoms with E-state index in [1.165, 1.54) is 4.90 Å². The Hall–Kier alpha value is -1.24. The maximum atomic E-state index is 10.6. The van der Waals surface area contributed by atoms with Gasteiger partial charge in [0.15, 0.2) is 0 Å². The summed E-state index contributed by atoms with van der Waals surface area (Å²) in [5.41, 5.74) is 5.00. The van der Waals surface area contributed by atoms with Crippen molar-refractivity contribution in [1.82, 2.24) is 4.90 Å². The fourth-order valence-corrected chi connectivity index (χ4v) is 1.16. The van der Waals surface area contributed by atoms with Crippen LogP contribution in [-0.4, -0.2) is 23.5 Å². The van der Waals surface area contributed by atoms with Crippen molar-refractivity contribution in [2.45, 2.75) is 18.9 Å². The molecule has 4 nitrogen and oxygen atoms in total. The highest BCUT2D eigenvalue weighted by molar-refractivity contribution is 5.73. The van der Waals surface area contributed by atoms with Gasteiger partial charge in [0.25, 0.3) is 0 Å². The van der Waals surface area contributed by atoms with Crippen molar-refractivity contribution in [3.63, 3.8) is 0 Å². The Labute approximate surface area is 59.2 Å². The number of hydrogen-bond donors (Lipinski definition) is 1. The van der Waals surface area contributed by atoms with E-state index in [1.54, 1.807) is 0 Å². The van der Waals surface area contributed by atoms with Gasteiger partial charge in [0, 0.05) is 6.54 Å². The summed E-state index contributed by atoms with van der Waals surface area (Å²) in [6, 6.07) is 1.26. The van der Waals surface area contributed by atoms with Gasteiger partial charge in [-0.25, -0.2) is 4.79 Å². The molecule has 0 aromatic rings. The second kappa shape index (κ2) is 2.56. The number of likely N-dealkylation sites (tertiary alicyclic amines) is 1. The van der Waals surface area contributed by atoms with Crippen LogP contribution in [0.2, 0.25) is 0 Å². The molecule has 1 aliphatic rings. The molecule has 1 unspecified atom stereocenters. The number of nitrogens with two attached hydrogens (primary N) is 1. The number of carbonyl (C=O) groups is 1. The Kier molecular flexibility index (Phi) is 1.76. The summed E-state index contributed by atoms with van der Waals surface area (Å²) in [5.74, 6) is 0. The molecule has 1 fully saturated rings. The topological polar surface area (TPSA) is 70.1 Å². The second-order valence-electron chi connectivity index (χ2n) is 2.32. The van der Waals surface area contributed by atoms with Crippen LogP contribution in [0.1, 0.15) is 12.8 Å². The van der Waals surface area contributed by atoms with Crippen molar-refractivity contribution in [3.8, 4) is 6.07 Å². The average molecular weight is 139 g/mol. The highest BCUT2D eigenvalue weighted by Gasteiger charge is 2.26. The lowest BCUT2D eigenvalue weighted by atomic mass is 10.2. The predicted molar refractivity (Wildman–Crippen MR) is 34.9 cm³/mol. The smallest absolute Gasteiger partial charge is 0.315 e. The zero-order chi connectivity index (χ0) is 7.56. The first-order valence-corrected chi connectivity index (χ1v) is 3.21. The van der Waals surface area contributed by atoms with Crippen LogP contribution in [0.3, 0.4) is 0 Å². The zero-order valence-electron chi connectivity index (χ0n) is 5.58.